The maximum Gasteiger partial charge on any atom is 0.387 e. The summed E-state index contributed by atoms with van der Waals surface area (Å²) in [5.74, 6) is 0.979. The Labute approximate surface area is 126 Å². The lowest BCUT2D eigenvalue weighted by Gasteiger charge is -2.10. The molecule has 1 N–H and O–H groups in total. The minimum absolute atomic E-state index is 0.00796. The van der Waals surface area contributed by atoms with Crippen molar-refractivity contribution in [3.8, 4) is 11.6 Å². The van der Waals surface area contributed by atoms with E-state index in [2.05, 4.69) is 25.0 Å². The van der Waals surface area contributed by atoms with Gasteiger partial charge in [0.2, 0.25) is 5.88 Å². The number of hydrogen-bond donors (Lipinski definition) is 1. The van der Waals surface area contributed by atoms with Crippen LogP contribution in [0.25, 0.3) is 0 Å². The molecule has 0 unspecified atom stereocenters. The van der Waals surface area contributed by atoms with E-state index >= 15 is 0 Å². The van der Waals surface area contributed by atoms with Crippen LogP contribution >= 0.6 is 0 Å². The molecular weight excluding hydrogens is 294 g/mol. The van der Waals surface area contributed by atoms with Gasteiger partial charge in [-0.05, 0) is 26.0 Å². The van der Waals surface area contributed by atoms with Gasteiger partial charge in [0.05, 0.1) is 36.9 Å². The van der Waals surface area contributed by atoms with Gasteiger partial charge in [-0.1, -0.05) is 0 Å². The number of rotatable bonds is 7. The molecule has 22 heavy (non-hydrogen) atoms. The van der Waals surface area contributed by atoms with Crippen molar-refractivity contribution in [2.45, 2.75) is 33.1 Å². The molecule has 2 rings (SSSR count). The molecule has 0 saturated carbocycles. The van der Waals surface area contributed by atoms with Crippen LogP contribution in [0.1, 0.15) is 19.5 Å². The van der Waals surface area contributed by atoms with Crippen molar-refractivity contribution in [3.63, 3.8) is 0 Å². The Balaban J connectivity index is 1.92. The number of anilines is 1. The third kappa shape index (κ3) is 5.12. The Morgan fingerprint density at radius 3 is 2.59 bits per heavy atom. The van der Waals surface area contributed by atoms with E-state index < -0.39 is 6.61 Å². The van der Waals surface area contributed by atoms with E-state index in [1.807, 2.05) is 13.8 Å². The van der Waals surface area contributed by atoms with Crippen molar-refractivity contribution in [1.82, 2.24) is 15.0 Å². The van der Waals surface area contributed by atoms with E-state index in [0.29, 0.717) is 23.9 Å². The molecule has 0 amide bonds. The summed E-state index contributed by atoms with van der Waals surface area (Å²) >= 11 is 0. The van der Waals surface area contributed by atoms with E-state index in [9.17, 15) is 8.78 Å². The largest absolute Gasteiger partial charge is 0.474 e. The fourth-order valence-electron chi connectivity index (χ4n) is 1.60. The first-order valence-electron chi connectivity index (χ1n) is 6.65. The number of hydrogen-bond acceptors (Lipinski definition) is 6. The highest BCUT2D eigenvalue weighted by molar-refractivity contribution is 5.34. The van der Waals surface area contributed by atoms with Crippen LogP contribution in [-0.2, 0) is 6.54 Å². The van der Waals surface area contributed by atoms with Gasteiger partial charge in [-0.15, -0.1) is 0 Å². The van der Waals surface area contributed by atoms with Crippen molar-refractivity contribution >= 4 is 5.82 Å². The fourth-order valence-corrected chi connectivity index (χ4v) is 1.60. The van der Waals surface area contributed by atoms with E-state index in [1.54, 1.807) is 12.3 Å². The number of nitrogens with zero attached hydrogens (tertiary/aromatic N) is 3. The molecule has 0 aliphatic rings. The standard InChI is InChI=1S/C14H16F2N4O2/c1-9(2)21-13-8-17-7-12(20-13)19-5-10-3-4-11(6-18-10)22-14(15)16/h3-4,6-9,14H,5H2,1-2H3,(H,19,20). The van der Waals surface area contributed by atoms with Crippen molar-refractivity contribution in [3.05, 3.63) is 36.4 Å². The first-order valence-corrected chi connectivity index (χ1v) is 6.65. The van der Waals surface area contributed by atoms with Crippen molar-refractivity contribution < 1.29 is 18.3 Å². The molecule has 8 heteroatoms. The molecule has 2 aromatic rings. The van der Waals surface area contributed by atoms with Crippen LogP contribution in [0.2, 0.25) is 0 Å². The molecule has 2 heterocycles. The Morgan fingerprint density at radius 1 is 1.14 bits per heavy atom. The predicted octanol–water partition coefficient (Wildman–Crippen LogP) is 2.87. The van der Waals surface area contributed by atoms with Gasteiger partial charge in [0.25, 0.3) is 0 Å². The van der Waals surface area contributed by atoms with E-state index in [1.165, 1.54) is 18.5 Å². The zero-order valence-corrected chi connectivity index (χ0v) is 12.2. The normalized spacial score (nSPS) is 10.8. The molecule has 0 bridgehead atoms. The summed E-state index contributed by atoms with van der Waals surface area (Å²) in [7, 11) is 0. The highest BCUT2D eigenvalue weighted by Gasteiger charge is 2.05. The molecule has 0 spiro atoms. The monoisotopic (exact) mass is 310 g/mol. The summed E-state index contributed by atoms with van der Waals surface area (Å²) in [5, 5.41) is 3.03. The molecule has 118 valence electrons. The van der Waals surface area contributed by atoms with Crippen LogP contribution in [-0.4, -0.2) is 27.7 Å². The third-order valence-corrected chi connectivity index (χ3v) is 2.44. The topological polar surface area (TPSA) is 69.2 Å². The summed E-state index contributed by atoms with van der Waals surface area (Å²) in [6.07, 6.45) is 4.34. The molecule has 0 atom stereocenters. The minimum atomic E-state index is -2.86. The summed E-state index contributed by atoms with van der Waals surface area (Å²) in [6, 6.07) is 3.02. The number of nitrogens with one attached hydrogen (secondary N) is 1. The first kappa shape index (κ1) is 15.9. The van der Waals surface area contributed by atoms with Gasteiger partial charge in [0, 0.05) is 0 Å². The van der Waals surface area contributed by atoms with Crippen LogP contribution in [0.3, 0.4) is 0 Å². The second-order valence-corrected chi connectivity index (χ2v) is 4.63. The highest BCUT2D eigenvalue weighted by Crippen LogP contribution is 2.14. The van der Waals surface area contributed by atoms with Crippen molar-refractivity contribution in [2.75, 3.05) is 5.32 Å². The lowest BCUT2D eigenvalue weighted by Crippen LogP contribution is -2.09. The minimum Gasteiger partial charge on any atom is -0.474 e. The Hall–Kier alpha value is -2.51. The molecule has 0 aromatic carbocycles. The van der Waals surface area contributed by atoms with Crippen molar-refractivity contribution in [1.29, 1.82) is 0 Å². The second-order valence-electron chi connectivity index (χ2n) is 4.63. The first-order chi connectivity index (χ1) is 10.5. The Morgan fingerprint density at radius 2 is 1.95 bits per heavy atom. The maximum atomic E-state index is 12.0. The van der Waals surface area contributed by atoms with Gasteiger partial charge in [-0.25, -0.2) is 0 Å². The number of alkyl halides is 2. The van der Waals surface area contributed by atoms with E-state index in [-0.39, 0.29) is 11.9 Å². The van der Waals surface area contributed by atoms with Gasteiger partial charge in [0.1, 0.15) is 11.6 Å². The average Bonchev–Trinajstić information content (AvgIpc) is 2.46. The average molecular weight is 310 g/mol. The van der Waals surface area contributed by atoms with Gasteiger partial charge in [0.15, 0.2) is 0 Å². The second kappa shape index (κ2) is 7.48. The SMILES string of the molecule is CC(C)Oc1cncc(NCc2ccc(OC(F)F)cn2)n1. The Kier molecular flexibility index (Phi) is 5.40. The third-order valence-electron chi connectivity index (χ3n) is 2.44. The lowest BCUT2D eigenvalue weighted by atomic mass is 10.3. The number of pyridine rings is 1. The predicted molar refractivity (Wildman–Crippen MR) is 76.0 cm³/mol. The number of halogens is 2. The number of aromatic nitrogens is 3. The zero-order chi connectivity index (χ0) is 15.9. The molecule has 6 nitrogen and oxygen atoms in total. The molecule has 0 radical (unpaired) electrons. The van der Waals surface area contributed by atoms with Gasteiger partial charge < -0.3 is 14.8 Å². The highest BCUT2D eigenvalue weighted by atomic mass is 19.3. The molecule has 2 aromatic heterocycles. The van der Waals surface area contributed by atoms with Crippen LogP contribution in [0.15, 0.2) is 30.7 Å². The van der Waals surface area contributed by atoms with E-state index in [0.717, 1.165) is 0 Å². The van der Waals surface area contributed by atoms with Gasteiger partial charge in [-0.3, -0.25) is 9.97 Å². The van der Waals surface area contributed by atoms with E-state index in [4.69, 9.17) is 4.74 Å². The maximum absolute atomic E-state index is 12.0. The molecular formula is C14H16F2N4O2. The molecule has 0 aliphatic carbocycles. The number of ether oxygens (including phenoxy) is 2. The summed E-state index contributed by atoms with van der Waals surface area (Å²) in [4.78, 5) is 12.3. The molecule has 0 fully saturated rings. The molecule has 0 saturated heterocycles. The molecule has 0 aliphatic heterocycles. The van der Waals surface area contributed by atoms with Gasteiger partial charge in [-0.2, -0.15) is 13.8 Å². The fraction of sp³-hybridized carbons (Fsp3) is 0.357. The van der Waals surface area contributed by atoms with Crippen LogP contribution in [0, 0.1) is 0 Å². The van der Waals surface area contributed by atoms with Crippen LogP contribution in [0.4, 0.5) is 14.6 Å². The zero-order valence-electron chi connectivity index (χ0n) is 12.2. The quantitative estimate of drug-likeness (QED) is 0.848. The smallest absolute Gasteiger partial charge is 0.387 e. The lowest BCUT2D eigenvalue weighted by molar-refractivity contribution is -0.0500. The van der Waals surface area contributed by atoms with Gasteiger partial charge >= 0.3 is 6.61 Å². The summed E-state index contributed by atoms with van der Waals surface area (Å²) in [6.45, 7) is 1.31. The van der Waals surface area contributed by atoms with Crippen molar-refractivity contribution in [2.24, 2.45) is 0 Å². The summed E-state index contributed by atoms with van der Waals surface area (Å²) < 4.78 is 33.7. The van der Waals surface area contributed by atoms with Crippen LogP contribution < -0.4 is 14.8 Å². The Bertz CT molecular complexity index is 594. The van der Waals surface area contributed by atoms with Crippen LogP contribution in [0.5, 0.6) is 11.6 Å². The summed E-state index contributed by atoms with van der Waals surface area (Å²) in [5.41, 5.74) is 0.651.